The van der Waals surface area contributed by atoms with Gasteiger partial charge < -0.3 is 4.98 Å². The Kier molecular flexibility index (Phi) is 3.81. The van der Waals surface area contributed by atoms with Crippen LogP contribution in [-0.2, 0) is 0 Å². The van der Waals surface area contributed by atoms with Gasteiger partial charge in [-0.3, -0.25) is 4.98 Å². The van der Waals surface area contributed by atoms with E-state index in [1.165, 1.54) is 50.8 Å². The second-order valence-electron chi connectivity index (χ2n) is 5.87. The standard InChI is InChI=1S/C16H23N3/c1-2-3-4-12-5-7-13(8-6-12)16-18-14-9-10-17-11-15(14)19-16/h9-13H,2-8H2,1H3,(H,18,19). The SMILES string of the molecule is CCCCC1CCC(c2nc3ccncc3[nH]2)CC1. The van der Waals surface area contributed by atoms with E-state index in [1.807, 2.05) is 18.5 Å². The average Bonchev–Trinajstić information content (AvgIpc) is 2.89. The molecule has 0 radical (unpaired) electrons. The maximum absolute atomic E-state index is 4.73. The molecule has 2 heterocycles. The number of unbranched alkanes of at least 4 members (excludes halogenated alkanes) is 1. The Balaban J connectivity index is 1.64. The van der Waals surface area contributed by atoms with Gasteiger partial charge in [-0.2, -0.15) is 0 Å². The zero-order valence-electron chi connectivity index (χ0n) is 11.7. The van der Waals surface area contributed by atoms with Gasteiger partial charge in [0.25, 0.3) is 0 Å². The summed E-state index contributed by atoms with van der Waals surface area (Å²) in [4.78, 5) is 12.3. The molecule has 0 unspecified atom stereocenters. The van der Waals surface area contributed by atoms with Crippen molar-refractivity contribution >= 4 is 11.0 Å². The normalized spacial score (nSPS) is 23.8. The van der Waals surface area contributed by atoms with Crippen LogP contribution in [-0.4, -0.2) is 15.0 Å². The van der Waals surface area contributed by atoms with Crippen molar-refractivity contribution in [3.8, 4) is 0 Å². The van der Waals surface area contributed by atoms with Gasteiger partial charge in [0.05, 0.1) is 17.2 Å². The van der Waals surface area contributed by atoms with Gasteiger partial charge in [-0.15, -0.1) is 0 Å². The fourth-order valence-corrected chi connectivity index (χ4v) is 3.29. The number of hydrogen-bond donors (Lipinski definition) is 1. The molecule has 3 nitrogen and oxygen atoms in total. The number of nitrogens with one attached hydrogen (secondary N) is 1. The molecule has 19 heavy (non-hydrogen) atoms. The highest BCUT2D eigenvalue weighted by Crippen LogP contribution is 2.37. The summed E-state index contributed by atoms with van der Waals surface area (Å²) in [6.07, 6.45) is 13.2. The Hall–Kier alpha value is -1.38. The molecular weight excluding hydrogens is 234 g/mol. The van der Waals surface area contributed by atoms with Crippen LogP contribution in [0.3, 0.4) is 0 Å². The average molecular weight is 257 g/mol. The van der Waals surface area contributed by atoms with Crippen LogP contribution >= 0.6 is 0 Å². The summed E-state index contributed by atoms with van der Waals surface area (Å²) in [5.74, 6) is 2.77. The van der Waals surface area contributed by atoms with Crippen LogP contribution in [0.15, 0.2) is 18.5 Å². The van der Waals surface area contributed by atoms with E-state index in [0.717, 1.165) is 17.0 Å². The first-order valence-corrected chi connectivity index (χ1v) is 7.66. The number of pyridine rings is 1. The highest BCUT2D eigenvalue weighted by Gasteiger charge is 2.24. The summed E-state index contributed by atoms with van der Waals surface area (Å²) in [7, 11) is 0. The first kappa shape index (κ1) is 12.6. The van der Waals surface area contributed by atoms with Gasteiger partial charge in [0.1, 0.15) is 5.82 Å². The number of H-pyrrole nitrogens is 1. The number of nitrogens with zero attached hydrogens (tertiary/aromatic N) is 2. The molecule has 1 fully saturated rings. The predicted molar refractivity (Wildman–Crippen MR) is 78.1 cm³/mol. The highest BCUT2D eigenvalue weighted by molar-refractivity contribution is 5.73. The minimum absolute atomic E-state index is 0.630. The molecule has 1 N–H and O–H groups in total. The fraction of sp³-hybridized carbons (Fsp3) is 0.625. The molecule has 0 atom stereocenters. The number of rotatable bonds is 4. The fourth-order valence-electron chi connectivity index (χ4n) is 3.29. The first-order valence-electron chi connectivity index (χ1n) is 7.66. The highest BCUT2D eigenvalue weighted by atomic mass is 14.9. The van der Waals surface area contributed by atoms with E-state index < -0.39 is 0 Å². The van der Waals surface area contributed by atoms with Crippen molar-refractivity contribution in [3.05, 3.63) is 24.3 Å². The maximum atomic E-state index is 4.73. The van der Waals surface area contributed by atoms with E-state index in [4.69, 9.17) is 4.98 Å². The number of imidazole rings is 1. The van der Waals surface area contributed by atoms with Crippen LogP contribution < -0.4 is 0 Å². The van der Waals surface area contributed by atoms with E-state index in [-0.39, 0.29) is 0 Å². The van der Waals surface area contributed by atoms with Crippen LogP contribution in [0.1, 0.15) is 63.6 Å². The van der Waals surface area contributed by atoms with Crippen LogP contribution in [0.2, 0.25) is 0 Å². The molecule has 1 aliphatic carbocycles. The lowest BCUT2D eigenvalue weighted by Gasteiger charge is -2.27. The molecule has 3 heteroatoms. The molecule has 1 aliphatic rings. The van der Waals surface area contributed by atoms with Crippen molar-refractivity contribution in [2.45, 2.75) is 57.8 Å². The van der Waals surface area contributed by atoms with Crippen LogP contribution in [0.4, 0.5) is 0 Å². The molecule has 0 saturated heterocycles. The van der Waals surface area contributed by atoms with Crippen molar-refractivity contribution in [2.24, 2.45) is 5.92 Å². The zero-order valence-corrected chi connectivity index (χ0v) is 11.7. The van der Waals surface area contributed by atoms with Crippen LogP contribution in [0.5, 0.6) is 0 Å². The van der Waals surface area contributed by atoms with Gasteiger partial charge in [0, 0.05) is 12.1 Å². The predicted octanol–water partition coefficient (Wildman–Crippen LogP) is 4.42. The Bertz CT molecular complexity index is 491. The summed E-state index contributed by atoms with van der Waals surface area (Å²) >= 11 is 0. The van der Waals surface area contributed by atoms with E-state index >= 15 is 0 Å². The largest absolute Gasteiger partial charge is 0.340 e. The lowest BCUT2D eigenvalue weighted by Crippen LogP contribution is -2.14. The smallest absolute Gasteiger partial charge is 0.110 e. The van der Waals surface area contributed by atoms with Gasteiger partial charge in [0.2, 0.25) is 0 Å². The summed E-state index contributed by atoms with van der Waals surface area (Å²) in [6.45, 7) is 2.29. The Morgan fingerprint density at radius 2 is 2.11 bits per heavy atom. The van der Waals surface area contributed by atoms with Gasteiger partial charge in [-0.1, -0.05) is 26.2 Å². The third-order valence-corrected chi connectivity index (χ3v) is 4.50. The Labute approximate surface area is 114 Å². The lowest BCUT2D eigenvalue weighted by molar-refractivity contribution is 0.299. The van der Waals surface area contributed by atoms with Gasteiger partial charge in [-0.25, -0.2) is 4.98 Å². The minimum Gasteiger partial charge on any atom is -0.340 e. The molecule has 0 amide bonds. The van der Waals surface area contributed by atoms with Crippen molar-refractivity contribution in [1.82, 2.24) is 15.0 Å². The third kappa shape index (κ3) is 2.80. The molecule has 2 aromatic rings. The van der Waals surface area contributed by atoms with Gasteiger partial charge in [0.15, 0.2) is 0 Å². The van der Waals surface area contributed by atoms with E-state index in [2.05, 4.69) is 16.9 Å². The molecule has 0 bridgehead atoms. The van der Waals surface area contributed by atoms with Crippen molar-refractivity contribution in [1.29, 1.82) is 0 Å². The lowest BCUT2D eigenvalue weighted by atomic mass is 9.79. The Morgan fingerprint density at radius 1 is 1.26 bits per heavy atom. The molecule has 0 aromatic carbocycles. The number of aromatic nitrogens is 3. The molecular formula is C16H23N3. The summed E-state index contributed by atoms with van der Waals surface area (Å²) in [5.41, 5.74) is 2.13. The van der Waals surface area contributed by atoms with Crippen LogP contribution in [0.25, 0.3) is 11.0 Å². The summed E-state index contributed by atoms with van der Waals surface area (Å²) < 4.78 is 0. The maximum Gasteiger partial charge on any atom is 0.110 e. The van der Waals surface area contributed by atoms with E-state index in [0.29, 0.717) is 5.92 Å². The molecule has 102 valence electrons. The zero-order chi connectivity index (χ0) is 13.1. The van der Waals surface area contributed by atoms with Crippen molar-refractivity contribution in [2.75, 3.05) is 0 Å². The van der Waals surface area contributed by atoms with Crippen LogP contribution in [0, 0.1) is 5.92 Å². The minimum atomic E-state index is 0.630. The summed E-state index contributed by atoms with van der Waals surface area (Å²) in [6, 6.07) is 1.99. The first-order chi connectivity index (χ1) is 9.36. The number of hydrogen-bond acceptors (Lipinski definition) is 2. The third-order valence-electron chi connectivity index (χ3n) is 4.50. The van der Waals surface area contributed by atoms with E-state index in [1.54, 1.807) is 0 Å². The topological polar surface area (TPSA) is 41.6 Å². The molecule has 0 aliphatic heterocycles. The number of fused-ring (bicyclic) bond motifs is 1. The van der Waals surface area contributed by atoms with Gasteiger partial charge >= 0.3 is 0 Å². The molecule has 2 aromatic heterocycles. The Morgan fingerprint density at radius 3 is 2.84 bits per heavy atom. The molecule has 1 saturated carbocycles. The monoisotopic (exact) mass is 257 g/mol. The second-order valence-corrected chi connectivity index (χ2v) is 5.87. The second kappa shape index (κ2) is 5.72. The number of aromatic amines is 1. The summed E-state index contributed by atoms with van der Waals surface area (Å²) in [5, 5.41) is 0. The molecule has 0 spiro atoms. The van der Waals surface area contributed by atoms with Crippen molar-refractivity contribution in [3.63, 3.8) is 0 Å². The van der Waals surface area contributed by atoms with Gasteiger partial charge in [-0.05, 0) is 37.7 Å². The molecule has 3 rings (SSSR count). The quantitative estimate of drug-likeness (QED) is 0.880. The van der Waals surface area contributed by atoms with E-state index in [9.17, 15) is 0 Å². The van der Waals surface area contributed by atoms with Crippen molar-refractivity contribution < 1.29 is 0 Å².